The van der Waals surface area contributed by atoms with Gasteiger partial charge in [-0.1, -0.05) is 30.3 Å². The van der Waals surface area contributed by atoms with Gasteiger partial charge in [-0.3, -0.25) is 10.1 Å². The molecule has 2 aromatic rings. The predicted octanol–water partition coefficient (Wildman–Crippen LogP) is 3.57. The maximum absolute atomic E-state index is 11.2. The van der Waals surface area contributed by atoms with Crippen LogP contribution in [0.25, 0.3) is 0 Å². The number of methoxy groups -OCH3 is 1. The van der Waals surface area contributed by atoms with Crippen molar-refractivity contribution in [3.8, 4) is 5.75 Å². The average Bonchev–Trinajstić information content (AvgIpc) is 2.74. The fourth-order valence-corrected chi connectivity index (χ4v) is 2.84. The minimum atomic E-state index is -0.374. The molecule has 0 bridgehead atoms. The van der Waals surface area contributed by atoms with Crippen molar-refractivity contribution in [1.29, 1.82) is 0 Å². The third kappa shape index (κ3) is 7.36. The predicted molar refractivity (Wildman–Crippen MR) is 118 cm³/mol. The molecule has 0 aliphatic carbocycles. The van der Waals surface area contributed by atoms with E-state index in [1.54, 1.807) is 25.3 Å². The van der Waals surface area contributed by atoms with E-state index in [0.29, 0.717) is 44.4 Å². The van der Waals surface area contributed by atoms with Gasteiger partial charge in [-0.25, -0.2) is 4.99 Å². The standard InChI is InChI=1S/C22H30N4O4/c1-4-23-22(24-15-18-8-5-6-9-20(18)26(27)28)25-16-19-11-10-17(2)14-21(19)30-13-7-12-29-3/h5-6,8-11,14H,4,7,12-13,15-16H2,1-3H3,(H2,23,24,25). The molecule has 0 spiro atoms. The third-order valence-electron chi connectivity index (χ3n) is 4.36. The lowest BCUT2D eigenvalue weighted by Gasteiger charge is -2.14. The zero-order valence-electron chi connectivity index (χ0n) is 17.8. The molecule has 0 aliphatic heterocycles. The molecular formula is C22H30N4O4. The van der Waals surface area contributed by atoms with Gasteiger partial charge in [0.05, 0.1) is 18.1 Å². The number of hydrogen-bond donors (Lipinski definition) is 2. The zero-order valence-corrected chi connectivity index (χ0v) is 17.8. The Morgan fingerprint density at radius 2 is 1.93 bits per heavy atom. The molecule has 8 nitrogen and oxygen atoms in total. The first-order valence-electron chi connectivity index (χ1n) is 10.0. The molecule has 0 heterocycles. The van der Waals surface area contributed by atoms with E-state index in [0.717, 1.165) is 23.3 Å². The Morgan fingerprint density at radius 1 is 1.13 bits per heavy atom. The van der Waals surface area contributed by atoms with Gasteiger partial charge in [0.2, 0.25) is 0 Å². The summed E-state index contributed by atoms with van der Waals surface area (Å²) in [6, 6.07) is 12.7. The summed E-state index contributed by atoms with van der Waals surface area (Å²) >= 11 is 0. The van der Waals surface area contributed by atoms with E-state index < -0.39 is 0 Å². The largest absolute Gasteiger partial charge is 0.493 e. The van der Waals surface area contributed by atoms with Crippen LogP contribution >= 0.6 is 0 Å². The van der Waals surface area contributed by atoms with Crippen molar-refractivity contribution in [3.05, 3.63) is 69.3 Å². The van der Waals surface area contributed by atoms with Crippen LogP contribution < -0.4 is 15.4 Å². The Hall–Kier alpha value is -3.13. The molecule has 162 valence electrons. The molecular weight excluding hydrogens is 384 g/mol. The minimum absolute atomic E-state index is 0.0890. The van der Waals surface area contributed by atoms with Gasteiger partial charge in [-0.15, -0.1) is 0 Å². The van der Waals surface area contributed by atoms with Gasteiger partial charge in [0, 0.05) is 50.4 Å². The lowest BCUT2D eigenvalue weighted by atomic mass is 10.1. The maximum atomic E-state index is 11.2. The van der Waals surface area contributed by atoms with Gasteiger partial charge in [0.15, 0.2) is 5.96 Å². The molecule has 0 saturated heterocycles. The van der Waals surface area contributed by atoms with Crippen LogP contribution in [0.15, 0.2) is 47.5 Å². The summed E-state index contributed by atoms with van der Waals surface area (Å²) in [5.41, 5.74) is 2.78. The van der Waals surface area contributed by atoms with Crippen molar-refractivity contribution >= 4 is 11.6 Å². The molecule has 0 radical (unpaired) electrons. The van der Waals surface area contributed by atoms with E-state index >= 15 is 0 Å². The van der Waals surface area contributed by atoms with Crippen LogP contribution in [0.2, 0.25) is 0 Å². The van der Waals surface area contributed by atoms with Crippen LogP contribution in [0.3, 0.4) is 0 Å². The third-order valence-corrected chi connectivity index (χ3v) is 4.36. The molecule has 2 aromatic carbocycles. The van der Waals surface area contributed by atoms with Gasteiger partial charge in [-0.05, 0) is 25.5 Å². The quantitative estimate of drug-likeness (QED) is 0.192. The average molecular weight is 415 g/mol. The summed E-state index contributed by atoms with van der Waals surface area (Å²) in [6.07, 6.45) is 0.813. The highest BCUT2D eigenvalue weighted by molar-refractivity contribution is 5.79. The molecule has 8 heteroatoms. The number of aryl methyl sites for hydroxylation is 1. The number of guanidine groups is 1. The van der Waals surface area contributed by atoms with E-state index in [1.807, 2.05) is 32.0 Å². The van der Waals surface area contributed by atoms with E-state index in [1.165, 1.54) is 6.07 Å². The summed E-state index contributed by atoms with van der Waals surface area (Å²) in [4.78, 5) is 15.5. The van der Waals surface area contributed by atoms with Crippen molar-refractivity contribution in [2.75, 3.05) is 26.9 Å². The van der Waals surface area contributed by atoms with Crippen LogP contribution in [0.1, 0.15) is 30.0 Å². The minimum Gasteiger partial charge on any atom is -0.493 e. The first-order chi connectivity index (χ1) is 14.5. The van der Waals surface area contributed by atoms with Gasteiger partial charge in [0.25, 0.3) is 5.69 Å². The zero-order chi connectivity index (χ0) is 21.8. The second-order valence-electron chi connectivity index (χ2n) is 6.74. The van der Waals surface area contributed by atoms with E-state index in [-0.39, 0.29) is 10.6 Å². The SMILES string of the molecule is CCNC(=NCc1ccc(C)cc1OCCCOC)NCc1ccccc1[N+](=O)[O-]. The van der Waals surface area contributed by atoms with Crippen molar-refractivity contribution in [1.82, 2.24) is 10.6 Å². The fraction of sp³-hybridized carbons (Fsp3) is 0.409. The monoisotopic (exact) mass is 414 g/mol. The Bertz CT molecular complexity index is 855. The number of para-hydroxylation sites is 1. The van der Waals surface area contributed by atoms with E-state index in [2.05, 4.69) is 15.6 Å². The van der Waals surface area contributed by atoms with Crippen LogP contribution in [-0.4, -0.2) is 37.8 Å². The maximum Gasteiger partial charge on any atom is 0.274 e. The molecule has 2 N–H and O–H groups in total. The number of nitrogens with zero attached hydrogens (tertiary/aromatic N) is 2. The second kappa shape index (κ2) is 12.4. The number of ether oxygens (including phenoxy) is 2. The normalized spacial score (nSPS) is 11.2. The highest BCUT2D eigenvalue weighted by Gasteiger charge is 2.12. The number of rotatable bonds is 11. The molecule has 0 fully saturated rings. The molecule has 30 heavy (non-hydrogen) atoms. The first-order valence-corrected chi connectivity index (χ1v) is 10.0. The van der Waals surface area contributed by atoms with Gasteiger partial charge < -0.3 is 20.1 Å². The fourth-order valence-electron chi connectivity index (χ4n) is 2.84. The van der Waals surface area contributed by atoms with Crippen LogP contribution in [0, 0.1) is 17.0 Å². The first kappa shape index (κ1) is 23.2. The second-order valence-corrected chi connectivity index (χ2v) is 6.74. The Morgan fingerprint density at radius 3 is 2.67 bits per heavy atom. The van der Waals surface area contributed by atoms with Crippen molar-refractivity contribution < 1.29 is 14.4 Å². The number of benzene rings is 2. The summed E-state index contributed by atoms with van der Waals surface area (Å²) in [5, 5.41) is 17.5. The summed E-state index contributed by atoms with van der Waals surface area (Å²) < 4.78 is 11.0. The molecule has 0 aromatic heterocycles. The Kier molecular flexibility index (Phi) is 9.60. The highest BCUT2D eigenvalue weighted by Crippen LogP contribution is 2.22. The molecule has 0 saturated carbocycles. The molecule has 0 amide bonds. The van der Waals surface area contributed by atoms with Gasteiger partial charge >= 0.3 is 0 Å². The summed E-state index contributed by atoms with van der Waals surface area (Å²) in [7, 11) is 1.67. The number of nitrogens with one attached hydrogen (secondary N) is 2. The summed E-state index contributed by atoms with van der Waals surface area (Å²) in [5.74, 6) is 1.39. The number of nitro benzene ring substituents is 1. The van der Waals surface area contributed by atoms with Gasteiger partial charge in [-0.2, -0.15) is 0 Å². The van der Waals surface area contributed by atoms with Crippen molar-refractivity contribution in [2.45, 2.75) is 33.4 Å². The van der Waals surface area contributed by atoms with Crippen LogP contribution in [0.5, 0.6) is 5.75 Å². The summed E-state index contributed by atoms with van der Waals surface area (Å²) in [6.45, 7) is 6.62. The smallest absolute Gasteiger partial charge is 0.274 e. The number of nitro groups is 1. The van der Waals surface area contributed by atoms with Gasteiger partial charge in [0.1, 0.15) is 5.75 Å². The molecule has 0 aliphatic rings. The molecule has 0 atom stereocenters. The van der Waals surface area contributed by atoms with Crippen molar-refractivity contribution in [3.63, 3.8) is 0 Å². The Labute approximate surface area is 177 Å². The highest BCUT2D eigenvalue weighted by atomic mass is 16.6. The Balaban J connectivity index is 2.08. The van der Waals surface area contributed by atoms with E-state index in [9.17, 15) is 10.1 Å². The van der Waals surface area contributed by atoms with Crippen LogP contribution in [-0.2, 0) is 17.8 Å². The lowest BCUT2D eigenvalue weighted by molar-refractivity contribution is -0.385. The van der Waals surface area contributed by atoms with Crippen molar-refractivity contribution in [2.24, 2.45) is 4.99 Å². The lowest BCUT2D eigenvalue weighted by Crippen LogP contribution is -2.36. The molecule has 2 rings (SSSR count). The molecule has 0 unspecified atom stereocenters. The van der Waals surface area contributed by atoms with E-state index in [4.69, 9.17) is 9.47 Å². The number of hydrogen-bond acceptors (Lipinski definition) is 5. The number of aliphatic imine (C=N–C) groups is 1. The topological polar surface area (TPSA) is 98.0 Å². The van der Waals surface area contributed by atoms with Crippen LogP contribution in [0.4, 0.5) is 5.69 Å².